The summed E-state index contributed by atoms with van der Waals surface area (Å²) in [5.74, 6) is 1.24. The average molecular weight is 528 g/mol. The quantitative estimate of drug-likeness (QED) is 0.195. The summed E-state index contributed by atoms with van der Waals surface area (Å²) in [6, 6.07) is 48.7. The second kappa shape index (κ2) is 12.2. The van der Waals surface area contributed by atoms with E-state index in [9.17, 15) is 9.59 Å². The Labute approximate surface area is 229 Å². The molecule has 190 valence electrons. The van der Waals surface area contributed by atoms with Crippen LogP contribution < -0.4 is 26.5 Å². The summed E-state index contributed by atoms with van der Waals surface area (Å²) in [7, 11) is -2.55. The number of carbonyl (C=O) groups is 2. The smallest absolute Gasteiger partial charge is 0.275 e. The van der Waals surface area contributed by atoms with Crippen LogP contribution in [0.1, 0.15) is 10.4 Å². The van der Waals surface area contributed by atoms with Crippen molar-refractivity contribution in [1.29, 1.82) is 0 Å². The van der Waals surface area contributed by atoms with Crippen LogP contribution in [0.15, 0.2) is 163 Å². The lowest BCUT2D eigenvalue weighted by Crippen LogP contribution is -2.35. The number of rotatable bonds is 8. The van der Waals surface area contributed by atoms with Crippen molar-refractivity contribution in [3.05, 3.63) is 169 Å². The van der Waals surface area contributed by atoms with Crippen molar-refractivity contribution < 1.29 is 9.59 Å². The van der Waals surface area contributed by atoms with Crippen LogP contribution in [0.5, 0.6) is 0 Å². The van der Waals surface area contributed by atoms with Gasteiger partial charge in [-0.25, -0.2) is 0 Å². The highest BCUT2D eigenvalue weighted by atomic mass is 31.2. The second-order valence-electron chi connectivity index (χ2n) is 8.91. The molecule has 0 aromatic heterocycles. The van der Waals surface area contributed by atoms with E-state index in [0.717, 1.165) is 15.9 Å². The molecule has 0 aliphatic rings. The van der Waals surface area contributed by atoms with Gasteiger partial charge in [-0.15, -0.1) is 0 Å². The minimum absolute atomic E-state index is 0.192. The number of nitrogens with one attached hydrogen (secondary N) is 2. The maximum absolute atomic E-state index is 13.9. The standard InChI is InChI=1S/C34H27N2O2P/c37-33(27-16-6-1-7-17-27)36-32(34(38)35-28-18-8-2-9-19-28)26-39(29-20-10-3-11-21-29,30-22-12-4-13-23-30)31-24-14-5-15-25-31/h1-26H,(H-,35,36,37,38)/p+1/b32-26+. The fourth-order valence-corrected chi connectivity index (χ4v) is 8.34. The van der Waals surface area contributed by atoms with E-state index < -0.39 is 13.2 Å². The summed E-state index contributed by atoms with van der Waals surface area (Å²) >= 11 is 0. The van der Waals surface area contributed by atoms with Crippen molar-refractivity contribution in [1.82, 2.24) is 5.32 Å². The topological polar surface area (TPSA) is 58.2 Å². The monoisotopic (exact) mass is 527 g/mol. The molecule has 0 saturated carbocycles. The third kappa shape index (κ3) is 5.87. The highest BCUT2D eigenvalue weighted by Gasteiger charge is 2.45. The fraction of sp³-hybridized carbons (Fsp3) is 0. The first kappa shape index (κ1) is 25.8. The van der Waals surface area contributed by atoms with Gasteiger partial charge in [-0.2, -0.15) is 0 Å². The average Bonchev–Trinajstić information content (AvgIpc) is 3.01. The Morgan fingerprint density at radius 1 is 0.513 bits per heavy atom. The van der Waals surface area contributed by atoms with Gasteiger partial charge in [0.1, 0.15) is 34.7 Å². The molecule has 5 heteroatoms. The normalized spacial score (nSPS) is 11.4. The molecule has 2 N–H and O–H groups in total. The van der Waals surface area contributed by atoms with Crippen molar-refractivity contribution in [2.75, 3.05) is 5.32 Å². The van der Waals surface area contributed by atoms with Gasteiger partial charge in [0.15, 0.2) is 0 Å². The summed E-state index contributed by atoms with van der Waals surface area (Å²) in [4.78, 5) is 27.3. The zero-order chi connectivity index (χ0) is 26.9. The minimum Gasteiger partial charge on any atom is -0.321 e. The van der Waals surface area contributed by atoms with Gasteiger partial charge in [0.2, 0.25) is 0 Å². The Morgan fingerprint density at radius 2 is 0.897 bits per heavy atom. The second-order valence-corrected chi connectivity index (χ2v) is 12.2. The zero-order valence-electron chi connectivity index (χ0n) is 21.3. The molecule has 5 aromatic carbocycles. The van der Waals surface area contributed by atoms with Crippen LogP contribution in [0.25, 0.3) is 0 Å². The summed E-state index contributed by atoms with van der Waals surface area (Å²) < 4.78 is 0. The van der Waals surface area contributed by atoms with Crippen molar-refractivity contribution >= 4 is 40.7 Å². The van der Waals surface area contributed by atoms with E-state index in [1.807, 2.05) is 96.8 Å². The van der Waals surface area contributed by atoms with E-state index in [-0.39, 0.29) is 11.6 Å². The van der Waals surface area contributed by atoms with Crippen molar-refractivity contribution in [3.63, 3.8) is 0 Å². The van der Waals surface area contributed by atoms with E-state index >= 15 is 0 Å². The van der Waals surface area contributed by atoms with Gasteiger partial charge in [-0.1, -0.05) is 91.0 Å². The third-order valence-corrected chi connectivity index (χ3v) is 10.4. The predicted octanol–water partition coefficient (Wildman–Crippen LogP) is 5.89. The van der Waals surface area contributed by atoms with Crippen molar-refractivity contribution in [2.45, 2.75) is 0 Å². The first-order valence-electron chi connectivity index (χ1n) is 12.7. The highest BCUT2D eigenvalue weighted by Crippen LogP contribution is 2.57. The Bertz CT molecular complexity index is 1460. The largest absolute Gasteiger partial charge is 0.321 e. The maximum Gasteiger partial charge on any atom is 0.275 e. The predicted molar refractivity (Wildman–Crippen MR) is 162 cm³/mol. The molecule has 0 aliphatic heterocycles. The molecule has 39 heavy (non-hydrogen) atoms. The van der Waals surface area contributed by atoms with Crippen LogP contribution in [0.3, 0.4) is 0 Å². The number of hydrogen-bond donors (Lipinski definition) is 2. The summed E-state index contributed by atoms with van der Waals surface area (Å²) in [5, 5.41) is 9.14. The van der Waals surface area contributed by atoms with Crippen LogP contribution in [-0.4, -0.2) is 11.8 Å². The van der Waals surface area contributed by atoms with Crippen molar-refractivity contribution in [3.8, 4) is 0 Å². The molecule has 0 unspecified atom stereocenters. The first-order valence-corrected chi connectivity index (χ1v) is 14.5. The van der Waals surface area contributed by atoms with E-state index in [1.54, 1.807) is 24.3 Å². The lowest BCUT2D eigenvalue weighted by Gasteiger charge is -2.25. The summed E-state index contributed by atoms with van der Waals surface area (Å²) in [5.41, 5.74) is 1.31. The first-order chi connectivity index (χ1) is 19.2. The Balaban J connectivity index is 1.73. The van der Waals surface area contributed by atoms with Crippen LogP contribution in [0, 0.1) is 0 Å². The third-order valence-electron chi connectivity index (χ3n) is 6.37. The Morgan fingerprint density at radius 3 is 1.33 bits per heavy atom. The number of hydrogen-bond acceptors (Lipinski definition) is 2. The van der Waals surface area contributed by atoms with E-state index in [1.165, 1.54) is 0 Å². The maximum atomic E-state index is 13.9. The van der Waals surface area contributed by atoms with Crippen molar-refractivity contribution in [2.24, 2.45) is 0 Å². The van der Waals surface area contributed by atoms with Crippen LogP contribution in [0.2, 0.25) is 0 Å². The summed E-state index contributed by atoms with van der Waals surface area (Å²) in [6.07, 6.45) is 0. The minimum atomic E-state index is -2.55. The lowest BCUT2D eigenvalue weighted by molar-refractivity contribution is -0.113. The highest BCUT2D eigenvalue weighted by molar-refractivity contribution is 7.98. The molecule has 0 aliphatic carbocycles. The molecular weight excluding hydrogens is 499 g/mol. The van der Waals surface area contributed by atoms with E-state index in [4.69, 9.17) is 0 Å². The molecule has 5 aromatic rings. The molecular formula is C34H28N2O2P+. The molecule has 0 radical (unpaired) electrons. The van der Waals surface area contributed by atoms with Crippen LogP contribution in [-0.2, 0) is 4.79 Å². The number of anilines is 1. The van der Waals surface area contributed by atoms with Gasteiger partial charge >= 0.3 is 0 Å². The van der Waals surface area contributed by atoms with Gasteiger partial charge in [0.25, 0.3) is 11.8 Å². The fourth-order valence-electron chi connectivity index (χ4n) is 4.51. The lowest BCUT2D eigenvalue weighted by atomic mass is 10.2. The van der Waals surface area contributed by atoms with Crippen LogP contribution in [0.4, 0.5) is 5.69 Å². The number of para-hydroxylation sites is 1. The molecule has 0 heterocycles. The Hall–Kier alpha value is -4.79. The number of carbonyl (C=O) groups excluding carboxylic acids is 2. The van der Waals surface area contributed by atoms with Gasteiger partial charge in [-0.3, -0.25) is 9.59 Å². The van der Waals surface area contributed by atoms with Gasteiger partial charge in [0, 0.05) is 11.3 Å². The Kier molecular flexibility index (Phi) is 8.06. The molecule has 0 fully saturated rings. The van der Waals surface area contributed by atoms with Crippen LogP contribution >= 0.6 is 7.26 Å². The van der Waals surface area contributed by atoms with Gasteiger partial charge < -0.3 is 10.6 Å². The molecule has 4 nitrogen and oxygen atoms in total. The van der Waals surface area contributed by atoms with E-state index in [2.05, 4.69) is 47.0 Å². The SMILES string of the molecule is O=C(Nc1ccccc1)/C(=C\[P+](c1ccccc1)(c1ccccc1)c1ccccc1)NC(=O)c1ccccc1. The number of amides is 2. The van der Waals surface area contributed by atoms with Gasteiger partial charge in [0.05, 0.1) is 0 Å². The molecule has 2 amide bonds. The molecule has 0 saturated heterocycles. The zero-order valence-corrected chi connectivity index (χ0v) is 22.2. The van der Waals surface area contributed by atoms with E-state index in [0.29, 0.717) is 11.3 Å². The molecule has 0 spiro atoms. The molecule has 0 atom stereocenters. The molecule has 0 bridgehead atoms. The summed E-state index contributed by atoms with van der Waals surface area (Å²) in [6.45, 7) is 0. The number of benzene rings is 5. The molecule has 5 rings (SSSR count). The van der Waals surface area contributed by atoms with Gasteiger partial charge in [-0.05, 0) is 60.7 Å².